The molecule has 0 bridgehead atoms. The number of aromatic nitrogens is 2. The van der Waals surface area contributed by atoms with E-state index in [1.165, 1.54) is 12.3 Å². The number of carbonyl (C=O) groups excluding carboxylic acids is 2. The standard InChI is InChI=1S/C21H19FN4O2/c1-13-12-16(19-15(13)4-3-5-17(19)22)20(27)14(2)25-8-10-26(11-9-25)21(28)18-6-7-23-24-18/h3-7,12H,1-2,8-11H2,(H,23,24). The number of allylic oxidation sites excluding steroid dienone is 3. The van der Waals surface area contributed by atoms with Gasteiger partial charge in [-0.25, -0.2) is 4.39 Å². The largest absolute Gasteiger partial charge is 0.365 e. The normalized spacial score (nSPS) is 16.0. The number of nitrogens with zero attached hydrogens (tertiary/aromatic N) is 3. The second-order valence-electron chi connectivity index (χ2n) is 6.77. The van der Waals surface area contributed by atoms with Gasteiger partial charge in [0.2, 0.25) is 5.78 Å². The van der Waals surface area contributed by atoms with Gasteiger partial charge in [0.05, 0.1) is 5.70 Å². The van der Waals surface area contributed by atoms with Crippen LogP contribution in [0, 0.1) is 5.82 Å². The zero-order valence-corrected chi connectivity index (χ0v) is 15.2. The molecule has 142 valence electrons. The highest BCUT2D eigenvalue weighted by molar-refractivity contribution is 6.32. The van der Waals surface area contributed by atoms with E-state index in [1.807, 2.05) is 4.90 Å². The van der Waals surface area contributed by atoms with Crippen molar-refractivity contribution in [2.45, 2.75) is 0 Å². The van der Waals surface area contributed by atoms with Gasteiger partial charge in [-0.3, -0.25) is 14.7 Å². The van der Waals surface area contributed by atoms with Crippen molar-refractivity contribution in [2.75, 3.05) is 26.2 Å². The molecule has 1 fully saturated rings. The fraction of sp³-hybridized carbons (Fsp3) is 0.190. The van der Waals surface area contributed by atoms with Crippen molar-refractivity contribution in [3.05, 3.63) is 78.0 Å². The van der Waals surface area contributed by atoms with E-state index in [1.54, 1.807) is 29.2 Å². The van der Waals surface area contributed by atoms with Crippen LogP contribution in [0.2, 0.25) is 0 Å². The predicted octanol–water partition coefficient (Wildman–Crippen LogP) is 2.50. The molecule has 2 aliphatic rings. The van der Waals surface area contributed by atoms with Gasteiger partial charge in [0.15, 0.2) is 0 Å². The number of Topliss-reactive ketones (excluding diaryl/α,β-unsaturated/α-hetero) is 1. The van der Waals surface area contributed by atoms with Crippen LogP contribution in [0.4, 0.5) is 4.39 Å². The lowest BCUT2D eigenvalue weighted by Gasteiger charge is -2.36. The minimum absolute atomic E-state index is 0.125. The third kappa shape index (κ3) is 2.94. The maximum atomic E-state index is 14.3. The van der Waals surface area contributed by atoms with Gasteiger partial charge in [0, 0.05) is 43.5 Å². The van der Waals surface area contributed by atoms with Crippen LogP contribution in [0.5, 0.6) is 0 Å². The molecule has 1 amide bonds. The van der Waals surface area contributed by atoms with E-state index in [9.17, 15) is 14.0 Å². The summed E-state index contributed by atoms with van der Waals surface area (Å²) in [5, 5.41) is 6.46. The van der Waals surface area contributed by atoms with Crippen molar-refractivity contribution in [1.29, 1.82) is 0 Å². The molecule has 6 nitrogen and oxygen atoms in total. The van der Waals surface area contributed by atoms with Gasteiger partial charge in [0.1, 0.15) is 11.5 Å². The number of hydrogen-bond acceptors (Lipinski definition) is 4. The van der Waals surface area contributed by atoms with Crippen LogP contribution in [0.25, 0.3) is 11.1 Å². The molecule has 1 aromatic heterocycles. The maximum absolute atomic E-state index is 14.3. The van der Waals surface area contributed by atoms with Crippen molar-refractivity contribution < 1.29 is 14.0 Å². The molecule has 4 rings (SSSR count). The number of ketones is 1. The summed E-state index contributed by atoms with van der Waals surface area (Å²) < 4.78 is 14.3. The highest BCUT2D eigenvalue weighted by Crippen LogP contribution is 2.37. The number of nitrogens with one attached hydrogen (secondary N) is 1. The molecule has 0 radical (unpaired) electrons. The Hall–Kier alpha value is -3.48. The van der Waals surface area contributed by atoms with Gasteiger partial charge in [-0.05, 0) is 29.3 Å². The number of benzene rings is 1. The van der Waals surface area contributed by atoms with Crippen molar-refractivity contribution in [1.82, 2.24) is 20.0 Å². The number of rotatable bonds is 4. The highest BCUT2D eigenvalue weighted by Gasteiger charge is 2.31. The zero-order valence-electron chi connectivity index (χ0n) is 15.2. The number of hydrogen-bond donors (Lipinski definition) is 1. The monoisotopic (exact) mass is 378 g/mol. The van der Waals surface area contributed by atoms with Crippen molar-refractivity contribution in [3.63, 3.8) is 0 Å². The van der Waals surface area contributed by atoms with Crippen LogP contribution in [0.1, 0.15) is 21.6 Å². The molecule has 1 aliphatic carbocycles. The molecule has 1 aromatic carbocycles. The molecule has 7 heteroatoms. The molecule has 2 aromatic rings. The number of piperazine rings is 1. The number of carbonyl (C=O) groups is 2. The first-order valence-electron chi connectivity index (χ1n) is 8.94. The lowest BCUT2D eigenvalue weighted by molar-refractivity contribution is -0.112. The first-order valence-corrected chi connectivity index (χ1v) is 8.94. The second kappa shape index (κ2) is 6.92. The summed E-state index contributed by atoms with van der Waals surface area (Å²) in [5.74, 6) is -0.892. The summed E-state index contributed by atoms with van der Waals surface area (Å²) in [6, 6.07) is 6.31. The molecule has 2 heterocycles. The number of fused-ring (bicyclic) bond motifs is 1. The van der Waals surface area contributed by atoms with Gasteiger partial charge in [-0.2, -0.15) is 5.10 Å². The lowest BCUT2D eigenvalue weighted by Crippen LogP contribution is -2.49. The molecule has 1 N–H and O–H groups in total. The molecular formula is C21H19FN4O2. The average Bonchev–Trinajstić information content (AvgIpc) is 3.36. The minimum atomic E-state index is -0.446. The lowest BCUT2D eigenvalue weighted by atomic mass is 9.99. The Morgan fingerprint density at radius 3 is 2.50 bits per heavy atom. The molecule has 1 aliphatic heterocycles. The second-order valence-corrected chi connectivity index (χ2v) is 6.77. The summed E-state index contributed by atoms with van der Waals surface area (Å²) in [4.78, 5) is 28.9. The quantitative estimate of drug-likeness (QED) is 0.830. The summed E-state index contributed by atoms with van der Waals surface area (Å²) in [5.41, 5.74) is 2.53. The van der Waals surface area contributed by atoms with Gasteiger partial charge in [0.25, 0.3) is 5.91 Å². The Balaban J connectivity index is 1.45. The van der Waals surface area contributed by atoms with E-state index in [0.717, 1.165) is 0 Å². The smallest absolute Gasteiger partial charge is 0.271 e. The van der Waals surface area contributed by atoms with E-state index < -0.39 is 5.82 Å². The summed E-state index contributed by atoms with van der Waals surface area (Å²) in [7, 11) is 0. The Bertz CT molecular complexity index is 1020. The van der Waals surface area contributed by atoms with Gasteiger partial charge < -0.3 is 9.80 Å². The number of halogens is 1. The van der Waals surface area contributed by atoms with Crippen LogP contribution >= 0.6 is 0 Å². The first kappa shape index (κ1) is 17.9. The number of aromatic amines is 1. The van der Waals surface area contributed by atoms with Crippen LogP contribution in [-0.4, -0.2) is 57.9 Å². The van der Waals surface area contributed by atoms with E-state index in [2.05, 4.69) is 23.4 Å². The Morgan fingerprint density at radius 2 is 1.82 bits per heavy atom. The fourth-order valence-corrected chi connectivity index (χ4v) is 3.59. The predicted molar refractivity (Wildman–Crippen MR) is 104 cm³/mol. The molecule has 0 spiro atoms. The molecular weight excluding hydrogens is 359 g/mol. The van der Waals surface area contributed by atoms with E-state index in [4.69, 9.17) is 0 Å². The number of amides is 1. The van der Waals surface area contributed by atoms with Crippen LogP contribution in [0.3, 0.4) is 0 Å². The summed E-state index contributed by atoms with van der Waals surface area (Å²) >= 11 is 0. The fourth-order valence-electron chi connectivity index (χ4n) is 3.59. The van der Waals surface area contributed by atoms with E-state index in [0.29, 0.717) is 48.7 Å². The highest BCUT2D eigenvalue weighted by atomic mass is 19.1. The Morgan fingerprint density at radius 1 is 1.11 bits per heavy atom. The van der Waals surface area contributed by atoms with Crippen LogP contribution in [0.15, 0.2) is 55.4 Å². The topological polar surface area (TPSA) is 69.3 Å². The zero-order chi connectivity index (χ0) is 19.8. The first-order chi connectivity index (χ1) is 13.5. The van der Waals surface area contributed by atoms with Gasteiger partial charge in [-0.15, -0.1) is 0 Å². The average molecular weight is 378 g/mol. The van der Waals surface area contributed by atoms with Crippen molar-refractivity contribution in [3.8, 4) is 0 Å². The molecule has 28 heavy (non-hydrogen) atoms. The van der Waals surface area contributed by atoms with Crippen molar-refractivity contribution in [2.24, 2.45) is 0 Å². The number of H-pyrrole nitrogens is 1. The minimum Gasteiger partial charge on any atom is -0.365 e. The van der Waals surface area contributed by atoms with Crippen LogP contribution < -0.4 is 0 Å². The Labute approximate surface area is 161 Å². The van der Waals surface area contributed by atoms with E-state index in [-0.39, 0.29) is 22.8 Å². The van der Waals surface area contributed by atoms with Crippen molar-refractivity contribution >= 4 is 22.8 Å². The maximum Gasteiger partial charge on any atom is 0.271 e. The third-order valence-electron chi connectivity index (χ3n) is 5.13. The van der Waals surface area contributed by atoms with Gasteiger partial charge >= 0.3 is 0 Å². The molecule has 0 unspecified atom stereocenters. The third-order valence-corrected chi connectivity index (χ3v) is 5.13. The van der Waals surface area contributed by atoms with Gasteiger partial charge in [-0.1, -0.05) is 25.3 Å². The Kier molecular flexibility index (Phi) is 4.43. The molecule has 0 saturated carbocycles. The summed E-state index contributed by atoms with van der Waals surface area (Å²) in [6.07, 6.45) is 3.14. The SMILES string of the molecule is C=C1C=C(C(=O)C(=C)N2CCN(C(=O)c3ccn[nH]3)CC2)c2c(F)cccc21. The molecule has 0 atom stereocenters. The van der Waals surface area contributed by atoms with E-state index >= 15 is 0 Å². The van der Waals surface area contributed by atoms with Crippen LogP contribution in [-0.2, 0) is 4.79 Å². The molecule has 1 saturated heterocycles. The summed E-state index contributed by atoms with van der Waals surface area (Å²) in [6.45, 7) is 9.71.